The fraction of sp³-hybridized carbons (Fsp3) is 0.429. The molecule has 1 unspecified atom stereocenters. The van der Waals surface area contributed by atoms with E-state index in [1.54, 1.807) is 0 Å². The zero-order valence-electron chi connectivity index (χ0n) is 10.8. The van der Waals surface area contributed by atoms with E-state index in [4.69, 9.17) is 15.9 Å². The Balaban J connectivity index is 1.94. The van der Waals surface area contributed by atoms with Gasteiger partial charge in [0.15, 0.2) is 0 Å². The van der Waals surface area contributed by atoms with Crippen LogP contribution in [0.3, 0.4) is 0 Å². The Labute approximate surface area is 108 Å². The largest absolute Gasteiger partial charge is 0.464 e. The van der Waals surface area contributed by atoms with E-state index in [1.165, 1.54) is 10.9 Å². The maximum Gasteiger partial charge on any atom is 0.134 e. The van der Waals surface area contributed by atoms with E-state index >= 15 is 0 Å². The van der Waals surface area contributed by atoms with Gasteiger partial charge in [-0.05, 0) is 25.1 Å². The third-order valence-corrected chi connectivity index (χ3v) is 3.17. The zero-order valence-corrected chi connectivity index (χ0v) is 10.8. The van der Waals surface area contributed by atoms with Gasteiger partial charge in [0, 0.05) is 31.1 Å². The lowest BCUT2D eigenvalue weighted by molar-refractivity contribution is 0.316. The highest BCUT2D eigenvalue weighted by molar-refractivity contribution is 5.80. The summed E-state index contributed by atoms with van der Waals surface area (Å²) in [5.41, 5.74) is 13.5. The van der Waals surface area contributed by atoms with Gasteiger partial charge in [0.05, 0.1) is 6.26 Å². The molecule has 1 heterocycles. The van der Waals surface area contributed by atoms with E-state index in [0.29, 0.717) is 6.54 Å². The van der Waals surface area contributed by atoms with Crippen molar-refractivity contribution in [2.24, 2.45) is 11.5 Å². The summed E-state index contributed by atoms with van der Waals surface area (Å²) < 4.78 is 5.52. The lowest BCUT2D eigenvalue weighted by atomic mass is 10.1. The smallest absolute Gasteiger partial charge is 0.134 e. The standard InChI is InChI=1S/C14H21N3O/c1-17(9-12(16)8-15)7-6-11-10-18-14-5-3-2-4-13(11)14/h2-5,10,12H,6-9,15-16H2,1H3. The summed E-state index contributed by atoms with van der Waals surface area (Å²) in [6.07, 6.45) is 2.81. The van der Waals surface area contributed by atoms with E-state index in [0.717, 1.165) is 25.1 Å². The van der Waals surface area contributed by atoms with Crippen LogP contribution in [0, 0.1) is 0 Å². The van der Waals surface area contributed by atoms with Crippen LogP contribution in [-0.4, -0.2) is 37.6 Å². The van der Waals surface area contributed by atoms with Crippen molar-refractivity contribution < 1.29 is 4.42 Å². The summed E-state index contributed by atoms with van der Waals surface area (Å²) in [6.45, 7) is 2.31. The molecule has 1 atom stereocenters. The highest BCUT2D eigenvalue weighted by Gasteiger charge is 2.08. The van der Waals surface area contributed by atoms with Crippen molar-refractivity contribution in [3.8, 4) is 0 Å². The molecule has 0 fully saturated rings. The molecule has 2 aromatic rings. The number of furan rings is 1. The number of nitrogens with zero attached hydrogens (tertiary/aromatic N) is 1. The van der Waals surface area contributed by atoms with Crippen LogP contribution < -0.4 is 11.5 Å². The van der Waals surface area contributed by atoms with Crippen molar-refractivity contribution in [2.45, 2.75) is 12.5 Å². The van der Waals surface area contributed by atoms with Crippen molar-refractivity contribution in [1.82, 2.24) is 4.90 Å². The minimum absolute atomic E-state index is 0.0519. The third-order valence-electron chi connectivity index (χ3n) is 3.17. The molecule has 4 N–H and O–H groups in total. The van der Waals surface area contributed by atoms with Crippen LogP contribution in [0.5, 0.6) is 0 Å². The Bertz CT molecular complexity index is 494. The second-order valence-electron chi connectivity index (χ2n) is 4.77. The molecule has 0 amide bonds. The van der Waals surface area contributed by atoms with Gasteiger partial charge in [0.1, 0.15) is 5.58 Å². The van der Waals surface area contributed by atoms with Crippen LogP contribution in [-0.2, 0) is 6.42 Å². The van der Waals surface area contributed by atoms with Crippen LogP contribution in [0.4, 0.5) is 0 Å². The van der Waals surface area contributed by atoms with E-state index in [1.807, 2.05) is 24.5 Å². The Morgan fingerprint density at radius 1 is 1.33 bits per heavy atom. The second-order valence-corrected chi connectivity index (χ2v) is 4.77. The summed E-state index contributed by atoms with van der Waals surface area (Å²) in [7, 11) is 2.07. The topological polar surface area (TPSA) is 68.4 Å². The molecule has 0 bridgehead atoms. The monoisotopic (exact) mass is 247 g/mol. The van der Waals surface area contributed by atoms with Crippen molar-refractivity contribution in [1.29, 1.82) is 0 Å². The van der Waals surface area contributed by atoms with Crippen LogP contribution in [0.25, 0.3) is 11.0 Å². The number of para-hydroxylation sites is 1. The first-order valence-electron chi connectivity index (χ1n) is 6.30. The van der Waals surface area contributed by atoms with Crippen LogP contribution in [0.15, 0.2) is 34.9 Å². The molecule has 1 aromatic heterocycles. The summed E-state index contributed by atoms with van der Waals surface area (Å²) in [5, 5.41) is 1.20. The van der Waals surface area contributed by atoms with Gasteiger partial charge in [0.2, 0.25) is 0 Å². The lowest BCUT2D eigenvalue weighted by Gasteiger charge is -2.19. The van der Waals surface area contributed by atoms with Crippen molar-refractivity contribution in [3.63, 3.8) is 0 Å². The zero-order chi connectivity index (χ0) is 13.0. The molecule has 18 heavy (non-hydrogen) atoms. The molecule has 0 spiro atoms. The van der Waals surface area contributed by atoms with E-state index in [-0.39, 0.29) is 6.04 Å². The molecule has 0 saturated heterocycles. The maximum atomic E-state index is 5.83. The summed E-state index contributed by atoms with van der Waals surface area (Å²) >= 11 is 0. The Hall–Kier alpha value is -1.36. The Morgan fingerprint density at radius 3 is 2.89 bits per heavy atom. The molecule has 2 rings (SSSR count). The van der Waals surface area contributed by atoms with Gasteiger partial charge in [-0.3, -0.25) is 0 Å². The van der Waals surface area contributed by atoms with E-state index < -0.39 is 0 Å². The minimum atomic E-state index is 0.0519. The molecular weight excluding hydrogens is 226 g/mol. The quantitative estimate of drug-likeness (QED) is 0.804. The summed E-state index contributed by atoms with van der Waals surface area (Å²) in [4.78, 5) is 2.21. The average Bonchev–Trinajstić information content (AvgIpc) is 2.79. The molecule has 1 aromatic carbocycles. The highest BCUT2D eigenvalue weighted by Crippen LogP contribution is 2.21. The number of hydrogen-bond donors (Lipinski definition) is 2. The van der Waals surface area contributed by atoms with Crippen molar-refractivity contribution >= 4 is 11.0 Å². The molecular formula is C14H21N3O. The summed E-state index contributed by atoms with van der Waals surface area (Å²) in [5.74, 6) is 0. The van der Waals surface area contributed by atoms with Gasteiger partial charge >= 0.3 is 0 Å². The number of hydrogen-bond acceptors (Lipinski definition) is 4. The first kappa shape index (κ1) is 13.1. The normalized spacial score (nSPS) is 13.3. The molecule has 98 valence electrons. The number of rotatable bonds is 6. The van der Waals surface area contributed by atoms with Crippen LogP contribution in [0.2, 0.25) is 0 Å². The predicted octanol–water partition coefficient (Wildman–Crippen LogP) is 1.19. The van der Waals surface area contributed by atoms with Crippen LogP contribution >= 0.6 is 0 Å². The molecule has 4 heteroatoms. The lowest BCUT2D eigenvalue weighted by Crippen LogP contribution is -2.41. The van der Waals surface area contributed by atoms with E-state index in [9.17, 15) is 0 Å². The van der Waals surface area contributed by atoms with Gasteiger partial charge < -0.3 is 20.8 Å². The van der Waals surface area contributed by atoms with Crippen LogP contribution in [0.1, 0.15) is 5.56 Å². The van der Waals surface area contributed by atoms with Crippen molar-refractivity contribution in [2.75, 3.05) is 26.7 Å². The SMILES string of the molecule is CN(CCc1coc2ccccc12)CC(N)CN. The predicted molar refractivity (Wildman–Crippen MR) is 74.4 cm³/mol. The van der Waals surface area contributed by atoms with Gasteiger partial charge in [-0.1, -0.05) is 18.2 Å². The van der Waals surface area contributed by atoms with Gasteiger partial charge in [-0.15, -0.1) is 0 Å². The molecule has 0 aliphatic rings. The fourth-order valence-electron chi connectivity index (χ4n) is 2.10. The molecule has 4 nitrogen and oxygen atoms in total. The molecule has 0 radical (unpaired) electrons. The highest BCUT2D eigenvalue weighted by atomic mass is 16.3. The number of nitrogens with two attached hydrogens (primary N) is 2. The van der Waals surface area contributed by atoms with Gasteiger partial charge in [-0.2, -0.15) is 0 Å². The third kappa shape index (κ3) is 3.10. The van der Waals surface area contributed by atoms with E-state index in [2.05, 4.69) is 18.0 Å². The molecule has 0 aliphatic carbocycles. The van der Waals surface area contributed by atoms with Gasteiger partial charge in [-0.25, -0.2) is 0 Å². The maximum absolute atomic E-state index is 5.83. The van der Waals surface area contributed by atoms with Crippen molar-refractivity contribution in [3.05, 3.63) is 36.1 Å². The Morgan fingerprint density at radius 2 is 2.11 bits per heavy atom. The first-order chi connectivity index (χ1) is 8.70. The number of likely N-dealkylation sites (N-methyl/N-ethyl adjacent to an activating group) is 1. The summed E-state index contributed by atoms with van der Waals surface area (Å²) in [6, 6.07) is 8.17. The second kappa shape index (κ2) is 6.00. The Kier molecular flexibility index (Phi) is 4.36. The number of fused-ring (bicyclic) bond motifs is 1. The minimum Gasteiger partial charge on any atom is -0.464 e. The molecule has 0 saturated carbocycles. The first-order valence-corrected chi connectivity index (χ1v) is 6.30. The average molecular weight is 247 g/mol. The van der Waals surface area contributed by atoms with Gasteiger partial charge in [0.25, 0.3) is 0 Å². The number of benzene rings is 1. The fourth-order valence-corrected chi connectivity index (χ4v) is 2.10. The molecule has 0 aliphatic heterocycles.